The van der Waals surface area contributed by atoms with E-state index in [1.165, 1.54) is 23.9 Å². The molecule has 0 spiro atoms. The largest absolute Gasteiger partial charge is 0.497 e. The summed E-state index contributed by atoms with van der Waals surface area (Å²) in [5.41, 5.74) is 2.32. The van der Waals surface area contributed by atoms with Crippen LogP contribution in [0.1, 0.15) is 36.8 Å². The number of alkyl halides is 3. The summed E-state index contributed by atoms with van der Waals surface area (Å²) >= 11 is 8.01. The van der Waals surface area contributed by atoms with Crippen LogP contribution in [0.3, 0.4) is 0 Å². The minimum atomic E-state index is -4.34. The summed E-state index contributed by atoms with van der Waals surface area (Å²) in [7, 11) is 1.61. The SMILES string of the molecule is COc1ccc2ncc(Cl)c(CCCC3(C(=O)NO)CCN(CCSc4ccc(C(F)(F)F)cc4)CC3)c2c1. The van der Waals surface area contributed by atoms with Crippen molar-refractivity contribution in [1.82, 2.24) is 15.4 Å². The first-order valence-electron chi connectivity index (χ1n) is 12.7. The van der Waals surface area contributed by atoms with Gasteiger partial charge in [-0.25, -0.2) is 5.48 Å². The molecule has 2 aromatic carbocycles. The van der Waals surface area contributed by atoms with Gasteiger partial charge >= 0.3 is 6.18 Å². The van der Waals surface area contributed by atoms with Gasteiger partial charge in [-0.2, -0.15) is 13.2 Å². The topological polar surface area (TPSA) is 74.7 Å². The van der Waals surface area contributed by atoms with E-state index in [4.69, 9.17) is 16.3 Å². The number of carbonyl (C=O) groups excluding carboxylic acids is 1. The van der Waals surface area contributed by atoms with Crippen LogP contribution in [0.25, 0.3) is 10.9 Å². The van der Waals surface area contributed by atoms with E-state index in [1.807, 2.05) is 23.7 Å². The zero-order chi connectivity index (χ0) is 28.0. The van der Waals surface area contributed by atoms with Gasteiger partial charge in [-0.15, -0.1) is 11.8 Å². The van der Waals surface area contributed by atoms with E-state index in [0.717, 1.165) is 45.8 Å². The van der Waals surface area contributed by atoms with Gasteiger partial charge in [0.25, 0.3) is 0 Å². The molecule has 2 N–H and O–H groups in total. The van der Waals surface area contributed by atoms with Gasteiger partial charge in [-0.05, 0) is 93.2 Å². The van der Waals surface area contributed by atoms with Crippen LogP contribution >= 0.6 is 23.4 Å². The predicted molar refractivity (Wildman–Crippen MR) is 146 cm³/mol. The van der Waals surface area contributed by atoms with E-state index in [0.29, 0.717) is 56.0 Å². The van der Waals surface area contributed by atoms with E-state index >= 15 is 0 Å². The lowest BCUT2D eigenvalue weighted by molar-refractivity contribution is -0.143. The minimum absolute atomic E-state index is 0.367. The van der Waals surface area contributed by atoms with Gasteiger partial charge in [0.2, 0.25) is 5.91 Å². The first kappa shape index (κ1) is 29.5. The first-order valence-corrected chi connectivity index (χ1v) is 14.1. The molecule has 3 aromatic rings. The lowest BCUT2D eigenvalue weighted by Gasteiger charge is -2.40. The fourth-order valence-corrected chi connectivity index (χ4v) is 6.29. The molecule has 1 aromatic heterocycles. The van der Waals surface area contributed by atoms with E-state index in [2.05, 4.69) is 9.88 Å². The number of aryl methyl sites for hydroxylation is 1. The molecule has 210 valence electrons. The van der Waals surface area contributed by atoms with E-state index in [-0.39, 0.29) is 5.91 Å². The Hall–Kier alpha value is -2.53. The van der Waals surface area contributed by atoms with Crippen molar-refractivity contribution in [1.29, 1.82) is 0 Å². The number of halogens is 4. The quantitative estimate of drug-likeness (QED) is 0.159. The summed E-state index contributed by atoms with van der Waals surface area (Å²) in [6.45, 7) is 2.14. The number of aromatic nitrogens is 1. The van der Waals surface area contributed by atoms with Crippen LogP contribution in [0.5, 0.6) is 5.75 Å². The van der Waals surface area contributed by atoms with Gasteiger partial charge in [0.1, 0.15) is 5.75 Å². The van der Waals surface area contributed by atoms with Crippen LogP contribution in [-0.4, -0.2) is 53.5 Å². The fourth-order valence-electron chi connectivity index (χ4n) is 5.13. The number of hydrogen-bond donors (Lipinski definition) is 2. The maximum absolute atomic E-state index is 12.8. The number of hydrogen-bond acceptors (Lipinski definition) is 6. The number of nitrogens with one attached hydrogen (secondary N) is 1. The molecule has 1 saturated heterocycles. The van der Waals surface area contributed by atoms with Crippen molar-refractivity contribution in [2.45, 2.75) is 43.2 Å². The standard InChI is InChI=1S/C28H31ClF3N3O3S/c1-38-20-6-9-25-23(17-20)22(24(29)18-33-25)3-2-10-27(26(36)34-37)11-13-35(14-12-27)15-16-39-21-7-4-19(5-8-21)28(30,31)32/h4-9,17-18,37H,2-3,10-16H2,1H3,(H,34,36). The Balaban J connectivity index is 1.32. The number of rotatable bonds is 10. The molecule has 2 heterocycles. The average Bonchev–Trinajstić information content (AvgIpc) is 2.94. The number of nitrogens with zero attached hydrogens (tertiary/aromatic N) is 2. The number of hydroxylamine groups is 1. The summed E-state index contributed by atoms with van der Waals surface area (Å²) in [4.78, 5) is 20.2. The maximum atomic E-state index is 12.8. The highest BCUT2D eigenvalue weighted by molar-refractivity contribution is 7.99. The Morgan fingerprint density at radius 1 is 1.21 bits per heavy atom. The second-order valence-electron chi connectivity index (χ2n) is 9.75. The zero-order valence-electron chi connectivity index (χ0n) is 21.6. The Morgan fingerprint density at radius 3 is 2.56 bits per heavy atom. The van der Waals surface area contributed by atoms with Gasteiger partial charge in [0.15, 0.2) is 0 Å². The highest BCUT2D eigenvalue weighted by Crippen LogP contribution is 2.38. The lowest BCUT2D eigenvalue weighted by atomic mass is 9.73. The first-order chi connectivity index (χ1) is 18.6. The normalized spacial score (nSPS) is 15.8. The molecule has 6 nitrogen and oxygen atoms in total. The smallest absolute Gasteiger partial charge is 0.416 e. The highest BCUT2D eigenvalue weighted by Gasteiger charge is 2.40. The maximum Gasteiger partial charge on any atom is 0.416 e. The number of amides is 1. The van der Waals surface area contributed by atoms with Crippen molar-refractivity contribution in [3.8, 4) is 5.75 Å². The predicted octanol–water partition coefficient (Wildman–Crippen LogP) is 6.62. The molecule has 0 saturated carbocycles. The molecule has 39 heavy (non-hydrogen) atoms. The number of thioether (sulfide) groups is 1. The molecule has 0 unspecified atom stereocenters. The van der Waals surface area contributed by atoms with Crippen LogP contribution in [0.2, 0.25) is 5.02 Å². The average molecular weight is 582 g/mol. The van der Waals surface area contributed by atoms with Gasteiger partial charge < -0.3 is 9.64 Å². The number of piperidine rings is 1. The molecule has 1 aliphatic heterocycles. The van der Waals surface area contributed by atoms with Crippen molar-refractivity contribution < 1.29 is 27.9 Å². The monoisotopic (exact) mass is 581 g/mol. The number of benzene rings is 2. The number of methoxy groups -OCH3 is 1. The third-order valence-electron chi connectivity index (χ3n) is 7.47. The summed E-state index contributed by atoms with van der Waals surface area (Å²) in [6.07, 6.45) is 0.454. The fraction of sp³-hybridized carbons (Fsp3) is 0.429. The highest BCUT2D eigenvalue weighted by atomic mass is 35.5. The Kier molecular flexibility index (Phi) is 9.64. The summed E-state index contributed by atoms with van der Waals surface area (Å²) in [5.74, 6) is 1.07. The van der Waals surface area contributed by atoms with Crippen molar-refractivity contribution >= 4 is 40.2 Å². The zero-order valence-corrected chi connectivity index (χ0v) is 23.1. The molecule has 4 rings (SSSR count). The molecule has 0 atom stereocenters. The Bertz CT molecular complexity index is 1280. The number of pyridine rings is 1. The van der Waals surface area contributed by atoms with Crippen LogP contribution in [0.15, 0.2) is 53.6 Å². The van der Waals surface area contributed by atoms with Gasteiger partial charge in [0.05, 0.1) is 28.6 Å². The second-order valence-corrected chi connectivity index (χ2v) is 11.3. The van der Waals surface area contributed by atoms with Crippen molar-refractivity contribution in [2.24, 2.45) is 5.41 Å². The van der Waals surface area contributed by atoms with Crippen molar-refractivity contribution in [3.63, 3.8) is 0 Å². The molecule has 11 heteroatoms. The number of fused-ring (bicyclic) bond motifs is 1. The van der Waals surface area contributed by atoms with Crippen LogP contribution < -0.4 is 10.2 Å². The van der Waals surface area contributed by atoms with E-state index < -0.39 is 17.2 Å². The van der Waals surface area contributed by atoms with Crippen LogP contribution in [0.4, 0.5) is 13.2 Å². The molecular formula is C28H31ClF3N3O3S. The number of carbonyl (C=O) groups is 1. The molecule has 1 fully saturated rings. The van der Waals surface area contributed by atoms with E-state index in [9.17, 15) is 23.2 Å². The van der Waals surface area contributed by atoms with Crippen molar-refractivity contribution in [2.75, 3.05) is 32.5 Å². The third kappa shape index (κ3) is 7.16. The summed E-state index contributed by atoms with van der Waals surface area (Å²) in [6, 6.07) is 10.8. The lowest BCUT2D eigenvalue weighted by Crippen LogP contribution is -2.48. The second kappa shape index (κ2) is 12.8. The molecule has 0 aliphatic carbocycles. The van der Waals surface area contributed by atoms with Crippen LogP contribution in [0, 0.1) is 5.41 Å². The van der Waals surface area contributed by atoms with Crippen LogP contribution in [-0.2, 0) is 17.4 Å². The minimum Gasteiger partial charge on any atom is -0.497 e. The summed E-state index contributed by atoms with van der Waals surface area (Å²) in [5, 5.41) is 11.0. The van der Waals surface area contributed by atoms with Gasteiger partial charge in [-0.3, -0.25) is 15.0 Å². The number of ether oxygens (including phenoxy) is 1. The van der Waals surface area contributed by atoms with E-state index in [1.54, 1.807) is 13.3 Å². The molecule has 0 radical (unpaired) electrons. The number of likely N-dealkylation sites (tertiary alicyclic amines) is 1. The molecule has 0 bridgehead atoms. The molecule has 1 aliphatic rings. The molecular weight excluding hydrogens is 551 g/mol. The van der Waals surface area contributed by atoms with Gasteiger partial charge in [0, 0.05) is 28.8 Å². The Morgan fingerprint density at radius 2 is 1.92 bits per heavy atom. The third-order valence-corrected chi connectivity index (χ3v) is 8.79. The Labute approximate surface area is 234 Å². The van der Waals surface area contributed by atoms with Crippen molar-refractivity contribution in [3.05, 3.63) is 64.8 Å². The summed E-state index contributed by atoms with van der Waals surface area (Å²) < 4.78 is 43.6. The molecule has 1 amide bonds. The van der Waals surface area contributed by atoms with Gasteiger partial charge in [-0.1, -0.05) is 11.6 Å².